The van der Waals surface area contributed by atoms with Crippen LogP contribution in [0.4, 0.5) is 0 Å². The van der Waals surface area contributed by atoms with E-state index in [9.17, 15) is 4.79 Å². The fourth-order valence-corrected chi connectivity index (χ4v) is 2.95. The van der Waals surface area contributed by atoms with Gasteiger partial charge in [0.1, 0.15) is 11.5 Å². The highest BCUT2D eigenvalue weighted by atomic mass is 35.5. The Balaban J connectivity index is 0.00000208. The maximum atomic E-state index is 12.2. The van der Waals surface area contributed by atoms with Crippen LogP contribution in [0.25, 0.3) is 0 Å². The zero-order valence-electron chi connectivity index (χ0n) is 13.5. The number of halogens is 1. The molecule has 3 rings (SSSR count). The minimum atomic E-state index is 0. The Morgan fingerprint density at radius 1 is 1.08 bits per heavy atom. The average molecular weight is 347 g/mol. The Morgan fingerprint density at radius 2 is 1.79 bits per heavy atom. The lowest BCUT2D eigenvalue weighted by atomic mass is 10.1. The van der Waals surface area contributed by atoms with Crippen molar-refractivity contribution in [1.29, 1.82) is 0 Å². The molecule has 0 heterocycles. The first-order valence-corrected chi connectivity index (χ1v) is 8.06. The van der Waals surface area contributed by atoms with E-state index in [0.717, 1.165) is 36.3 Å². The molecule has 2 aromatic rings. The number of para-hydroxylation sites is 2. The van der Waals surface area contributed by atoms with E-state index in [1.165, 1.54) is 0 Å². The number of hydrogen-bond donors (Lipinski definition) is 2. The Morgan fingerprint density at radius 3 is 2.50 bits per heavy atom. The number of nitrogens with two attached hydrogens (primary N) is 1. The van der Waals surface area contributed by atoms with E-state index in [0.29, 0.717) is 6.54 Å². The molecule has 2 atom stereocenters. The molecular weight excluding hydrogens is 324 g/mol. The molecular formula is C19H23ClN2O2. The van der Waals surface area contributed by atoms with E-state index in [2.05, 4.69) is 5.32 Å². The molecule has 0 saturated heterocycles. The molecule has 1 fully saturated rings. The Bertz CT molecular complexity index is 663. The Labute approximate surface area is 148 Å². The quantitative estimate of drug-likeness (QED) is 0.868. The SMILES string of the molecule is Cl.NC1CCC(C(=O)NCc2ccccc2Oc2ccccc2)C1. The van der Waals surface area contributed by atoms with Crippen molar-refractivity contribution in [2.24, 2.45) is 11.7 Å². The molecule has 0 spiro atoms. The molecule has 4 nitrogen and oxygen atoms in total. The van der Waals surface area contributed by atoms with Crippen molar-refractivity contribution < 1.29 is 9.53 Å². The standard InChI is InChI=1S/C19H22N2O2.ClH/c20-16-11-10-14(12-16)19(22)21-13-15-6-4-5-9-18(15)23-17-7-2-1-3-8-17;/h1-9,14,16H,10-13,20H2,(H,21,22);1H. The summed E-state index contributed by atoms with van der Waals surface area (Å²) in [4.78, 5) is 12.2. The largest absolute Gasteiger partial charge is 0.457 e. The predicted molar refractivity (Wildman–Crippen MR) is 97.4 cm³/mol. The molecule has 0 aliphatic heterocycles. The van der Waals surface area contributed by atoms with Crippen molar-refractivity contribution in [3.63, 3.8) is 0 Å². The monoisotopic (exact) mass is 346 g/mol. The molecule has 1 aliphatic rings. The third kappa shape index (κ3) is 4.73. The van der Waals surface area contributed by atoms with E-state index in [-0.39, 0.29) is 30.3 Å². The van der Waals surface area contributed by atoms with Crippen LogP contribution < -0.4 is 15.8 Å². The second-order valence-corrected chi connectivity index (χ2v) is 6.01. The van der Waals surface area contributed by atoms with Crippen molar-refractivity contribution in [1.82, 2.24) is 5.32 Å². The van der Waals surface area contributed by atoms with E-state index in [1.54, 1.807) is 0 Å². The summed E-state index contributed by atoms with van der Waals surface area (Å²) in [6.45, 7) is 0.466. The lowest BCUT2D eigenvalue weighted by molar-refractivity contribution is -0.125. The van der Waals surface area contributed by atoms with E-state index >= 15 is 0 Å². The van der Waals surface area contributed by atoms with Gasteiger partial charge in [0.05, 0.1) is 0 Å². The van der Waals surface area contributed by atoms with Crippen molar-refractivity contribution in [2.45, 2.75) is 31.8 Å². The van der Waals surface area contributed by atoms with Gasteiger partial charge in [0.2, 0.25) is 5.91 Å². The first kappa shape index (κ1) is 18.3. The number of ether oxygens (including phenoxy) is 1. The summed E-state index contributed by atoms with van der Waals surface area (Å²) >= 11 is 0. The molecule has 2 unspecified atom stereocenters. The van der Waals surface area contributed by atoms with Gasteiger partial charge in [-0.3, -0.25) is 4.79 Å². The van der Waals surface area contributed by atoms with Crippen LogP contribution in [-0.4, -0.2) is 11.9 Å². The van der Waals surface area contributed by atoms with Crippen LogP contribution in [0.1, 0.15) is 24.8 Å². The average Bonchev–Trinajstić information content (AvgIpc) is 3.01. The highest BCUT2D eigenvalue weighted by molar-refractivity contribution is 5.85. The minimum Gasteiger partial charge on any atom is -0.457 e. The van der Waals surface area contributed by atoms with Crippen molar-refractivity contribution >= 4 is 18.3 Å². The fraction of sp³-hybridized carbons (Fsp3) is 0.316. The third-order valence-corrected chi connectivity index (χ3v) is 4.24. The first-order chi connectivity index (χ1) is 11.2. The van der Waals surface area contributed by atoms with Crippen LogP contribution >= 0.6 is 12.4 Å². The van der Waals surface area contributed by atoms with Gasteiger partial charge in [-0.25, -0.2) is 0 Å². The van der Waals surface area contributed by atoms with Crippen LogP contribution in [0.15, 0.2) is 54.6 Å². The predicted octanol–water partition coefficient (Wildman–Crippen LogP) is 3.64. The summed E-state index contributed by atoms with van der Waals surface area (Å²) in [5.41, 5.74) is 6.85. The van der Waals surface area contributed by atoms with Crippen LogP contribution in [0, 0.1) is 5.92 Å². The van der Waals surface area contributed by atoms with Gasteiger partial charge in [0.15, 0.2) is 0 Å². The molecule has 1 amide bonds. The van der Waals surface area contributed by atoms with Gasteiger partial charge in [-0.05, 0) is 37.5 Å². The van der Waals surface area contributed by atoms with Gasteiger partial charge < -0.3 is 15.8 Å². The topological polar surface area (TPSA) is 64.4 Å². The number of benzene rings is 2. The van der Waals surface area contributed by atoms with Crippen LogP contribution in [0.2, 0.25) is 0 Å². The van der Waals surface area contributed by atoms with Crippen molar-refractivity contribution in [3.05, 3.63) is 60.2 Å². The van der Waals surface area contributed by atoms with E-state index in [1.807, 2.05) is 54.6 Å². The number of amides is 1. The van der Waals surface area contributed by atoms with Gasteiger partial charge >= 0.3 is 0 Å². The maximum absolute atomic E-state index is 12.2. The molecule has 128 valence electrons. The molecule has 3 N–H and O–H groups in total. The van der Waals surface area contributed by atoms with Crippen molar-refractivity contribution in [2.75, 3.05) is 0 Å². The molecule has 5 heteroatoms. The highest BCUT2D eigenvalue weighted by Crippen LogP contribution is 2.26. The number of hydrogen-bond acceptors (Lipinski definition) is 3. The minimum absolute atomic E-state index is 0. The number of rotatable bonds is 5. The number of carbonyl (C=O) groups is 1. The zero-order valence-corrected chi connectivity index (χ0v) is 14.3. The zero-order chi connectivity index (χ0) is 16.1. The molecule has 1 saturated carbocycles. The molecule has 0 aromatic heterocycles. The van der Waals surface area contributed by atoms with Crippen LogP contribution in [0.5, 0.6) is 11.5 Å². The maximum Gasteiger partial charge on any atom is 0.223 e. The highest BCUT2D eigenvalue weighted by Gasteiger charge is 2.27. The van der Waals surface area contributed by atoms with Crippen LogP contribution in [-0.2, 0) is 11.3 Å². The van der Waals surface area contributed by atoms with Gasteiger partial charge in [0.25, 0.3) is 0 Å². The number of nitrogens with one attached hydrogen (secondary N) is 1. The smallest absolute Gasteiger partial charge is 0.223 e. The fourth-order valence-electron chi connectivity index (χ4n) is 2.95. The molecule has 1 aliphatic carbocycles. The van der Waals surface area contributed by atoms with Gasteiger partial charge in [0, 0.05) is 24.1 Å². The normalized spacial score (nSPS) is 19.4. The summed E-state index contributed by atoms with van der Waals surface area (Å²) in [6.07, 6.45) is 2.61. The third-order valence-electron chi connectivity index (χ3n) is 4.24. The van der Waals surface area contributed by atoms with E-state index in [4.69, 9.17) is 10.5 Å². The lowest BCUT2D eigenvalue weighted by Crippen LogP contribution is -2.30. The summed E-state index contributed by atoms with van der Waals surface area (Å²) in [6, 6.07) is 17.6. The van der Waals surface area contributed by atoms with E-state index < -0.39 is 0 Å². The summed E-state index contributed by atoms with van der Waals surface area (Å²) in [7, 11) is 0. The molecule has 0 radical (unpaired) electrons. The van der Waals surface area contributed by atoms with Gasteiger partial charge in [-0.1, -0.05) is 36.4 Å². The first-order valence-electron chi connectivity index (χ1n) is 8.06. The summed E-state index contributed by atoms with van der Waals surface area (Å²) in [5, 5.41) is 3.01. The molecule has 2 aromatic carbocycles. The lowest BCUT2D eigenvalue weighted by Gasteiger charge is -2.14. The molecule has 24 heavy (non-hydrogen) atoms. The summed E-state index contributed by atoms with van der Waals surface area (Å²) < 4.78 is 5.91. The molecule has 0 bridgehead atoms. The second kappa shape index (κ2) is 8.71. The Hall–Kier alpha value is -2.04. The summed E-state index contributed by atoms with van der Waals surface area (Å²) in [5.74, 6) is 1.69. The van der Waals surface area contributed by atoms with Crippen LogP contribution in [0.3, 0.4) is 0 Å². The number of carbonyl (C=O) groups excluding carboxylic acids is 1. The van der Waals surface area contributed by atoms with Gasteiger partial charge in [-0.15, -0.1) is 12.4 Å². The second-order valence-electron chi connectivity index (χ2n) is 6.01. The Kier molecular flexibility index (Phi) is 6.64. The van der Waals surface area contributed by atoms with Crippen molar-refractivity contribution in [3.8, 4) is 11.5 Å². The van der Waals surface area contributed by atoms with Gasteiger partial charge in [-0.2, -0.15) is 0 Å².